The molecule has 0 spiro atoms. The first-order valence-corrected chi connectivity index (χ1v) is 9.25. The molecule has 5 nitrogen and oxygen atoms in total. The molecule has 2 heterocycles. The molecule has 1 unspecified atom stereocenters. The minimum absolute atomic E-state index is 0.184. The highest BCUT2D eigenvalue weighted by Gasteiger charge is 2.30. The van der Waals surface area contributed by atoms with Crippen LogP contribution < -0.4 is 9.80 Å². The molecule has 1 N–H and O–H groups in total. The molecular weight excluding hydrogens is 302 g/mol. The van der Waals surface area contributed by atoms with Gasteiger partial charge in [-0.15, -0.1) is 0 Å². The van der Waals surface area contributed by atoms with Gasteiger partial charge in [-0.2, -0.15) is 0 Å². The number of hydrogen-bond acceptors (Lipinski definition) is 4. The van der Waals surface area contributed by atoms with Crippen molar-refractivity contribution in [1.29, 1.82) is 0 Å². The lowest BCUT2D eigenvalue weighted by Crippen LogP contribution is -2.47. The van der Waals surface area contributed by atoms with Crippen LogP contribution in [0.1, 0.15) is 25.7 Å². The highest BCUT2D eigenvalue weighted by Crippen LogP contribution is 2.37. The van der Waals surface area contributed by atoms with Gasteiger partial charge in [-0.1, -0.05) is 12.1 Å². The van der Waals surface area contributed by atoms with Crippen molar-refractivity contribution in [2.24, 2.45) is 5.92 Å². The number of carbonyl (C=O) groups is 1. The summed E-state index contributed by atoms with van der Waals surface area (Å²) in [7, 11) is 0. The number of amides is 1. The molecule has 0 bridgehead atoms. The van der Waals surface area contributed by atoms with Crippen molar-refractivity contribution in [2.75, 3.05) is 49.1 Å². The molecule has 4 rings (SSSR count). The molecule has 1 saturated heterocycles. The van der Waals surface area contributed by atoms with Crippen LogP contribution in [-0.2, 0) is 4.79 Å². The maximum atomic E-state index is 11.7. The molecule has 1 atom stereocenters. The van der Waals surface area contributed by atoms with Crippen LogP contribution >= 0.6 is 0 Å². The Morgan fingerprint density at radius 1 is 1.00 bits per heavy atom. The zero-order chi connectivity index (χ0) is 16.5. The fourth-order valence-corrected chi connectivity index (χ4v) is 3.94. The Kier molecular flexibility index (Phi) is 4.35. The van der Waals surface area contributed by atoms with Gasteiger partial charge in [0.25, 0.3) is 0 Å². The van der Waals surface area contributed by atoms with Crippen molar-refractivity contribution in [2.45, 2.75) is 31.8 Å². The Bertz CT molecular complexity index is 602. The Balaban J connectivity index is 1.42. The Morgan fingerprint density at radius 3 is 2.33 bits per heavy atom. The molecule has 0 radical (unpaired) electrons. The van der Waals surface area contributed by atoms with Crippen molar-refractivity contribution in [1.82, 2.24) is 4.90 Å². The highest BCUT2D eigenvalue weighted by molar-refractivity contribution is 5.78. The first-order chi connectivity index (χ1) is 11.7. The van der Waals surface area contributed by atoms with Gasteiger partial charge < -0.3 is 19.8 Å². The minimum atomic E-state index is -0.491. The van der Waals surface area contributed by atoms with Gasteiger partial charge in [-0.05, 0) is 37.3 Å². The van der Waals surface area contributed by atoms with E-state index >= 15 is 0 Å². The molecule has 5 heteroatoms. The fourth-order valence-electron chi connectivity index (χ4n) is 3.94. The van der Waals surface area contributed by atoms with Crippen LogP contribution in [0.25, 0.3) is 0 Å². The van der Waals surface area contributed by atoms with Crippen LogP contribution in [-0.4, -0.2) is 61.3 Å². The zero-order valence-corrected chi connectivity index (χ0v) is 14.2. The molecule has 24 heavy (non-hydrogen) atoms. The van der Waals surface area contributed by atoms with Crippen molar-refractivity contribution < 1.29 is 9.90 Å². The summed E-state index contributed by atoms with van der Waals surface area (Å²) in [5, 5.41) is 10.5. The molecule has 130 valence electrons. The number of rotatable bonds is 6. The number of benzene rings is 1. The van der Waals surface area contributed by atoms with Crippen LogP contribution in [0.5, 0.6) is 0 Å². The van der Waals surface area contributed by atoms with Crippen LogP contribution in [0.3, 0.4) is 0 Å². The predicted octanol–water partition coefficient (Wildman–Crippen LogP) is 1.71. The second-order valence-corrected chi connectivity index (χ2v) is 7.42. The lowest BCUT2D eigenvalue weighted by molar-refractivity contribution is -0.128. The highest BCUT2D eigenvalue weighted by atomic mass is 16.3. The van der Waals surface area contributed by atoms with Crippen molar-refractivity contribution in [3.05, 3.63) is 24.3 Å². The molecule has 1 aromatic rings. The summed E-state index contributed by atoms with van der Waals surface area (Å²) in [6.07, 6.45) is 3.80. The second kappa shape index (κ2) is 6.63. The van der Waals surface area contributed by atoms with Gasteiger partial charge in [0.05, 0.1) is 17.5 Å². The predicted molar refractivity (Wildman–Crippen MR) is 95.4 cm³/mol. The Labute approximate surface area is 143 Å². The SMILES string of the molecule is O=C1CCCN1CC(O)CN1CCN(CC2CC2)c2ccccc21. The molecule has 1 amide bonds. The van der Waals surface area contributed by atoms with Gasteiger partial charge in [0.2, 0.25) is 5.91 Å². The van der Waals surface area contributed by atoms with Crippen LogP contribution in [0.4, 0.5) is 11.4 Å². The average molecular weight is 329 g/mol. The number of anilines is 2. The first kappa shape index (κ1) is 15.8. The van der Waals surface area contributed by atoms with E-state index in [1.807, 2.05) is 0 Å². The summed E-state index contributed by atoms with van der Waals surface area (Å²) in [4.78, 5) is 18.3. The maximum absolute atomic E-state index is 11.7. The van der Waals surface area contributed by atoms with E-state index < -0.39 is 6.10 Å². The first-order valence-electron chi connectivity index (χ1n) is 9.25. The zero-order valence-electron chi connectivity index (χ0n) is 14.2. The largest absolute Gasteiger partial charge is 0.389 e. The number of nitrogens with zero attached hydrogens (tertiary/aromatic N) is 3. The second-order valence-electron chi connectivity index (χ2n) is 7.42. The standard InChI is InChI=1S/C19H27N3O2/c23-16(14-22-9-3-6-19(22)24)13-21-11-10-20(12-15-7-8-15)17-4-1-2-5-18(17)21/h1-2,4-5,15-16,23H,3,6-14H2. The number of aliphatic hydroxyl groups excluding tert-OH is 1. The van der Waals surface area contributed by atoms with E-state index in [2.05, 4.69) is 34.1 Å². The van der Waals surface area contributed by atoms with E-state index in [1.54, 1.807) is 4.90 Å². The van der Waals surface area contributed by atoms with Crippen molar-refractivity contribution >= 4 is 17.3 Å². The van der Waals surface area contributed by atoms with Gasteiger partial charge in [0, 0.05) is 45.7 Å². The normalized spacial score (nSPS) is 22.0. The monoisotopic (exact) mass is 329 g/mol. The third kappa shape index (κ3) is 3.36. The summed E-state index contributed by atoms with van der Waals surface area (Å²) in [6.45, 7) is 4.97. The third-order valence-electron chi connectivity index (χ3n) is 5.41. The number of hydrogen-bond donors (Lipinski definition) is 1. The summed E-state index contributed by atoms with van der Waals surface area (Å²) >= 11 is 0. The van der Waals surface area contributed by atoms with Crippen molar-refractivity contribution in [3.63, 3.8) is 0 Å². The Hall–Kier alpha value is -1.75. The lowest BCUT2D eigenvalue weighted by Gasteiger charge is -2.40. The van der Waals surface area contributed by atoms with E-state index in [4.69, 9.17) is 0 Å². The number of β-amino-alcohol motifs (C(OH)–C–C–N with tert-alkyl or cyclic N) is 1. The van der Waals surface area contributed by atoms with E-state index in [0.29, 0.717) is 19.5 Å². The van der Waals surface area contributed by atoms with Crippen LogP contribution in [0, 0.1) is 5.92 Å². The molecular formula is C19H27N3O2. The van der Waals surface area contributed by atoms with Gasteiger partial charge in [0.1, 0.15) is 0 Å². The summed E-state index contributed by atoms with van der Waals surface area (Å²) < 4.78 is 0. The number of fused-ring (bicyclic) bond motifs is 1. The molecule has 2 fully saturated rings. The van der Waals surface area contributed by atoms with E-state index in [-0.39, 0.29) is 5.91 Å². The summed E-state index contributed by atoms with van der Waals surface area (Å²) in [6, 6.07) is 8.52. The lowest BCUT2D eigenvalue weighted by atomic mass is 10.1. The molecule has 1 aliphatic carbocycles. The number of para-hydroxylation sites is 2. The topological polar surface area (TPSA) is 47.0 Å². The van der Waals surface area contributed by atoms with Gasteiger partial charge in [0.15, 0.2) is 0 Å². The minimum Gasteiger partial charge on any atom is -0.389 e. The molecule has 2 aliphatic heterocycles. The van der Waals surface area contributed by atoms with Crippen LogP contribution in [0.15, 0.2) is 24.3 Å². The Morgan fingerprint density at radius 2 is 1.67 bits per heavy atom. The van der Waals surface area contributed by atoms with Gasteiger partial charge in [-0.3, -0.25) is 4.79 Å². The molecule has 1 aromatic carbocycles. The molecule has 0 aromatic heterocycles. The van der Waals surface area contributed by atoms with E-state index in [9.17, 15) is 9.90 Å². The summed E-state index contributed by atoms with van der Waals surface area (Å²) in [5.74, 6) is 1.06. The van der Waals surface area contributed by atoms with E-state index in [0.717, 1.165) is 38.5 Å². The quantitative estimate of drug-likeness (QED) is 0.863. The molecule has 3 aliphatic rings. The van der Waals surface area contributed by atoms with Crippen molar-refractivity contribution in [3.8, 4) is 0 Å². The fraction of sp³-hybridized carbons (Fsp3) is 0.632. The maximum Gasteiger partial charge on any atom is 0.222 e. The van der Waals surface area contributed by atoms with Gasteiger partial charge in [-0.25, -0.2) is 0 Å². The number of aliphatic hydroxyl groups is 1. The number of likely N-dealkylation sites (tertiary alicyclic amines) is 1. The summed E-state index contributed by atoms with van der Waals surface area (Å²) in [5.41, 5.74) is 2.51. The molecule has 1 saturated carbocycles. The smallest absolute Gasteiger partial charge is 0.222 e. The third-order valence-corrected chi connectivity index (χ3v) is 5.41. The average Bonchev–Trinajstić information content (AvgIpc) is 3.32. The number of carbonyl (C=O) groups excluding carboxylic acids is 1. The van der Waals surface area contributed by atoms with E-state index in [1.165, 1.54) is 24.2 Å². The van der Waals surface area contributed by atoms with Gasteiger partial charge >= 0.3 is 0 Å². The van der Waals surface area contributed by atoms with Crippen LogP contribution in [0.2, 0.25) is 0 Å².